The fraction of sp³-hybridized carbons (Fsp3) is 0.556. The van der Waals surface area contributed by atoms with Gasteiger partial charge in [-0.15, -0.1) is 0 Å². The Balaban J connectivity index is -0.000000451. The summed E-state index contributed by atoms with van der Waals surface area (Å²) in [5, 5.41) is 0. The second-order valence-corrected chi connectivity index (χ2v) is 7.28. The molecule has 0 spiro atoms. The van der Waals surface area contributed by atoms with Crippen LogP contribution in [-0.2, 0) is 40.4 Å². The Morgan fingerprint density at radius 1 is 0.739 bits per heavy atom. The molecule has 1 aromatic rings. The van der Waals surface area contributed by atoms with E-state index in [1.54, 1.807) is 0 Å². The van der Waals surface area contributed by atoms with E-state index in [-0.39, 0.29) is 43.3 Å². The molecule has 3 nitrogen and oxygen atoms in total. The van der Waals surface area contributed by atoms with Crippen molar-refractivity contribution in [1.29, 1.82) is 0 Å². The monoisotopic (exact) mass is 523 g/mol. The summed E-state index contributed by atoms with van der Waals surface area (Å²) in [6, 6.07) is 9.10. The molecule has 1 aromatic carbocycles. The van der Waals surface area contributed by atoms with Crippen molar-refractivity contribution in [2.75, 3.05) is 19.8 Å². The molecular weight excluding hydrogens is 487 g/mol. The molecular formula is C18H36O3PtSi. The zero-order valence-electron chi connectivity index (χ0n) is 15.8. The van der Waals surface area contributed by atoms with Gasteiger partial charge in [-0.2, -0.15) is 17.7 Å². The SMILES string of the molecule is CCCO[Si](C[c-]1cccc1)(OCCC)OCCC.[CH3-].[CH3-].[CH3-].[Pt+4]. The van der Waals surface area contributed by atoms with Crippen LogP contribution in [0.2, 0.25) is 0 Å². The first-order valence-electron chi connectivity index (χ1n) is 7.38. The molecule has 0 fully saturated rings. The molecule has 0 radical (unpaired) electrons. The van der Waals surface area contributed by atoms with Gasteiger partial charge in [-0.25, -0.2) is 12.1 Å². The molecule has 0 unspecified atom stereocenters. The van der Waals surface area contributed by atoms with Crippen LogP contribution in [0.15, 0.2) is 24.3 Å². The standard InChI is InChI=1S/C15H27O3Si.3CH3.Pt/c1-4-11-16-19(17-12-5-2,18-13-6-3)14-15-9-7-8-10-15;;;;/h7-10H,4-6,11-14H2,1-3H3;3*1H3;/q4*-1;+4. The zero-order valence-corrected chi connectivity index (χ0v) is 19.1. The van der Waals surface area contributed by atoms with Crippen LogP contribution in [-0.4, -0.2) is 28.6 Å². The van der Waals surface area contributed by atoms with Crippen LogP contribution < -0.4 is 0 Å². The van der Waals surface area contributed by atoms with Crippen molar-refractivity contribution in [1.82, 2.24) is 0 Å². The van der Waals surface area contributed by atoms with Gasteiger partial charge in [0.25, 0.3) is 0 Å². The third kappa shape index (κ3) is 12.2. The van der Waals surface area contributed by atoms with Crippen molar-refractivity contribution >= 4 is 8.80 Å². The molecule has 140 valence electrons. The van der Waals surface area contributed by atoms with E-state index in [4.69, 9.17) is 13.3 Å². The van der Waals surface area contributed by atoms with Gasteiger partial charge < -0.3 is 35.6 Å². The molecule has 5 heteroatoms. The van der Waals surface area contributed by atoms with Gasteiger partial charge in [0.1, 0.15) is 0 Å². The smallest absolute Gasteiger partial charge is 0.374 e. The van der Waals surface area contributed by atoms with Crippen molar-refractivity contribution in [3.05, 3.63) is 52.1 Å². The maximum Gasteiger partial charge on any atom is 4.00 e. The molecule has 0 bridgehead atoms. The fourth-order valence-electron chi connectivity index (χ4n) is 1.83. The average Bonchev–Trinajstić information content (AvgIpc) is 2.93. The molecule has 0 saturated carbocycles. The van der Waals surface area contributed by atoms with Crippen molar-refractivity contribution in [2.45, 2.75) is 46.1 Å². The van der Waals surface area contributed by atoms with Crippen LogP contribution in [0.3, 0.4) is 0 Å². The molecule has 0 saturated heterocycles. The largest absolute Gasteiger partial charge is 4.00 e. The van der Waals surface area contributed by atoms with Crippen LogP contribution >= 0.6 is 0 Å². The minimum Gasteiger partial charge on any atom is -0.374 e. The van der Waals surface area contributed by atoms with Gasteiger partial charge >= 0.3 is 29.9 Å². The second kappa shape index (κ2) is 18.5. The van der Waals surface area contributed by atoms with Crippen LogP contribution in [0, 0.1) is 22.3 Å². The Morgan fingerprint density at radius 3 is 1.39 bits per heavy atom. The molecule has 0 amide bonds. The molecule has 23 heavy (non-hydrogen) atoms. The normalized spacial score (nSPS) is 9.87. The fourth-order valence-corrected chi connectivity index (χ4v) is 4.67. The summed E-state index contributed by atoms with van der Waals surface area (Å²) in [6.07, 6.45) is 2.96. The Hall–Kier alpha value is 0.135. The first-order chi connectivity index (χ1) is 9.26. The van der Waals surface area contributed by atoms with Gasteiger partial charge in [0.15, 0.2) is 0 Å². The van der Waals surface area contributed by atoms with E-state index in [1.807, 2.05) is 12.1 Å². The third-order valence-electron chi connectivity index (χ3n) is 2.73. The van der Waals surface area contributed by atoms with E-state index in [2.05, 4.69) is 32.9 Å². The number of hydrogen-bond acceptors (Lipinski definition) is 3. The van der Waals surface area contributed by atoms with Crippen LogP contribution in [0.5, 0.6) is 0 Å². The summed E-state index contributed by atoms with van der Waals surface area (Å²) < 4.78 is 18.2. The topological polar surface area (TPSA) is 27.7 Å². The van der Waals surface area contributed by atoms with Crippen molar-refractivity contribution in [3.63, 3.8) is 0 Å². The summed E-state index contributed by atoms with van der Waals surface area (Å²) in [6.45, 7) is 8.46. The van der Waals surface area contributed by atoms with Gasteiger partial charge in [-0.05, 0) is 25.3 Å². The van der Waals surface area contributed by atoms with Crippen LogP contribution in [0.1, 0.15) is 45.6 Å². The Labute approximate surface area is 161 Å². The average molecular weight is 524 g/mol. The maximum atomic E-state index is 6.05. The molecule has 0 aliphatic rings. The third-order valence-corrected chi connectivity index (χ3v) is 5.50. The molecule has 0 aliphatic carbocycles. The first kappa shape index (κ1) is 31.0. The Morgan fingerprint density at radius 2 is 1.09 bits per heavy atom. The quantitative estimate of drug-likeness (QED) is 0.300. The summed E-state index contributed by atoms with van der Waals surface area (Å²) in [5.41, 5.74) is 1.25. The first-order valence-corrected chi connectivity index (χ1v) is 9.32. The van der Waals surface area contributed by atoms with Gasteiger partial charge in [-0.1, -0.05) is 20.8 Å². The van der Waals surface area contributed by atoms with Crippen LogP contribution in [0.4, 0.5) is 0 Å². The molecule has 0 heterocycles. The van der Waals surface area contributed by atoms with E-state index in [9.17, 15) is 0 Å². The second-order valence-electron chi connectivity index (χ2n) is 4.70. The van der Waals surface area contributed by atoms with Crippen molar-refractivity contribution < 1.29 is 34.3 Å². The molecule has 1 rings (SSSR count). The zero-order chi connectivity index (χ0) is 14.0. The summed E-state index contributed by atoms with van der Waals surface area (Å²) >= 11 is 0. The molecule has 0 aromatic heterocycles. The summed E-state index contributed by atoms with van der Waals surface area (Å²) in [4.78, 5) is 0. The van der Waals surface area contributed by atoms with Crippen LogP contribution in [0.25, 0.3) is 0 Å². The maximum absolute atomic E-state index is 6.05. The van der Waals surface area contributed by atoms with Crippen molar-refractivity contribution in [3.8, 4) is 0 Å². The predicted octanol–water partition coefficient (Wildman–Crippen LogP) is 5.05. The minimum absolute atomic E-state index is 0. The predicted molar refractivity (Wildman–Crippen MR) is 99.5 cm³/mol. The molecule has 0 N–H and O–H groups in total. The van der Waals surface area contributed by atoms with Gasteiger partial charge in [0, 0.05) is 19.8 Å². The van der Waals surface area contributed by atoms with E-state index in [0.717, 1.165) is 25.3 Å². The van der Waals surface area contributed by atoms with E-state index in [0.29, 0.717) is 19.8 Å². The Bertz CT molecular complexity index is 296. The summed E-state index contributed by atoms with van der Waals surface area (Å²) in [7, 11) is -2.56. The van der Waals surface area contributed by atoms with Gasteiger partial charge in [0.05, 0.1) is 0 Å². The number of rotatable bonds is 11. The number of hydrogen-bond donors (Lipinski definition) is 0. The Kier molecular flexibility index (Phi) is 24.9. The molecule has 0 atom stereocenters. The summed E-state index contributed by atoms with van der Waals surface area (Å²) in [5.74, 6) is 0. The van der Waals surface area contributed by atoms with Gasteiger partial charge in [-0.3, -0.25) is 0 Å². The van der Waals surface area contributed by atoms with E-state index < -0.39 is 8.80 Å². The minimum atomic E-state index is -2.56. The molecule has 0 aliphatic heterocycles. The van der Waals surface area contributed by atoms with Crippen molar-refractivity contribution in [2.24, 2.45) is 0 Å². The van der Waals surface area contributed by atoms with Gasteiger partial charge in [0.2, 0.25) is 0 Å². The van der Waals surface area contributed by atoms with E-state index in [1.165, 1.54) is 5.56 Å². The van der Waals surface area contributed by atoms with E-state index >= 15 is 0 Å².